The Kier molecular flexibility index (Phi) is 3.46. The highest BCUT2D eigenvalue weighted by atomic mass is 32.2. The quantitative estimate of drug-likeness (QED) is 0.915. The molecule has 0 bridgehead atoms. The number of thiazole rings is 1. The Bertz CT molecular complexity index is 632. The standard InChI is InChI=1S/C11H14N2O2S2/c1-17(14,15)8-4-5-9-10(7-8)16-11(13-9)3-2-6-12/h4-5,7H,2-3,6,12H2,1H3. The lowest BCUT2D eigenvalue weighted by atomic mass is 10.3. The van der Waals surface area contributed by atoms with Crippen LogP contribution in [0.1, 0.15) is 11.4 Å². The minimum absolute atomic E-state index is 0.346. The maximum atomic E-state index is 11.4. The minimum Gasteiger partial charge on any atom is -0.330 e. The van der Waals surface area contributed by atoms with Crippen molar-refractivity contribution in [1.29, 1.82) is 0 Å². The molecule has 0 saturated carbocycles. The Morgan fingerprint density at radius 3 is 2.82 bits per heavy atom. The summed E-state index contributed by atoms with van der Waals surface area (Å²) in [5.41, 5.74) is 6.31. The first-order valence-corrected chi connectivity index (χ1v) is 8.01. The van der Waals surface area contributed by atoms with E-state index in [0.717, 1.165) is 28.1 Å². The van der Waals surface area contributed by atoms with Crippen molar-refractivity contribution in [2.24, 2.45) is 5.73 Å². The summed E-state index contributed by atoms with van der Waals surface area (Å²) in [6, 6.07) is 5.05. The topological polar surface area (TPSA) is 73.0 Å². The van der Waals surface area contributed by atoms with E-state index < -0.39 is 9.84 Å². The van der Waals surface area contributed by atoms with Crippen molar-refractivity contribution < 1.29 is 8.42 Å². The van der Waals surface area contributed by atoms with Crippen LogP contribution in [0.2, 0.25) is 0 Å². The maximum Gasteiger partial charge on any atom is 0.175 e. The van der Waals surface area contributed by atoms with E-state index >= 15 is 0 Å². The third-order valence-corrected chi connectivity index (χ3v) is 4.62. The van der Waals surface area contributed by atoms with Crippen LogP contribution in [-0.2, 0) is 16.3 Å². The fourth-order valence-electron chi connectivity index (χ4n) is 1.54. The number of nitrogens with two attached hydrogens (primary N) is 1. The number of rotatable bonds is 4. The summed E-state index contributed by atoms with van der Waals surface area (Å²) in [4.78, 5) is 4.79. The van der Waals surface area contributed by atoms with Gasteiger partial charge >= 0.3 is 0 Å². The van der Waals surface area contributed by atoms with E-state index in [1.807, 2.05) is 0 Å². The van der Waals surface area contributed by atoms with Crippen LogP contribution >= 0.6 is 11.3 Å². The number of benzene rings is 1. The molecular formula is C11H14N2O2S2. The van der Waals surface area contributed by atoms with Crippen LogP contribution in [0.5, 0.6) is 0 Å². The van der Waals surface area contributed by atoms with Gasteiger partial charge in [-0.25, -0.2) is 13.4 Å². The van der Waals surface area contributed by atoms with E-state index in [1.165, 1.54) is 17.6 Å². The van der Waals surface area contributed by atoms with E-state index in [9.17, 15) is 8.42 Å². The number of hydrogen-bond donors (Lipinski definition) is 1. The highest BCUT2D eigenvalue weighted by Gasteiger charge is 2.10. The highest BCUT2D eigenvalue weighted by molar-refractivity contribution is 7.90. The second kappa shape index (κ2) is 4.72. The van der Waals surface area contributed by atoms with E-state index in [2.05, 4.69) is 4.98 Å². The van der Waals surface area contributed by atoms with E-state index in [0.29, 0.717) is 11.4 Å². The van der Waals surface area contributed by atoms with Gasteiger partial charge in [0.25, 0.3) is 0 Å². The van der Waals surface area contributed by atoms with Gasteiger partial charge in [-0.3, -0.25) is 0 Å². The molecule has 0 radical (unpaired) electrons. The van der Waals surface area contributed by atoms with Crippen molar-refractivity contribution in [2.45, 2.75) is 17.7 Å². The normalized spacial score (nSPS) is 12.1. The third-order valence-electron chi connectivity index (χ3n) is 2.43. The van der Waals surface area contributed by atoms with Crippen LogP contribution in [0.4, 0.5) is 0 Å². The van der Waals surface area contributed by atoms with Gasteiger partial charge in [0, 0.05) is 12.7 Å². The number of fused-ring (bicyclic) bond motifs is 1. The van der Waals surface area contributed by atoms with Crippen molar-refractivity contribution in [3.05, 3.63) is 23.2 Å². The zero-order valence-electron chi connectivity index (χ0n) is 9.51. The predicted octanol–water partition coefficient (Wildman–Crippen LogP) is 1.59. The highest BCUT2D eigenvalue weighted by Crippen LogP contribution is 2.25. The molecule has 0 atom stereocenters. The van der Waals surface area contributed by atoms with Gasteiger partial charge in [-0.05, 0) is 31.2 Å². The first kappa shape index (κ1) is 12.5. The summed E-state index contributed by atoms with van der Waals surface area (Å²) in [5, 5.41) is 1.01. The number of nitrogens with zero attached hydrogens (tertiary/aromatic N) is 1. The lowest BCUT2D eigenvalue weighted by molar-refractivity contribution is 0.602. The number of sulfone groups is 1. The molecule has 0 unspecified atom stereocenters. The van der Waals surface area contributed by atoms with Gasteiger partial charge in [0.15, 0.2) is 9.84 Å². The third kappa shape index (κ3) is 2.83. The minimum atomic E-state index is -3.14. The van der Waals surface area contributed by atoms with Gasteiger partial charge in [-0.2, -0.15) is 0 Å². The molecule has 2 N–H and O–H groups in total. The largest absolute Gasteiger partial charge is 0.330 e. The predicted molar refractivity (Wildman–Crippen MR) is 70.1 cm³/mol. The second-order valence-electron chi connectivity index (χ2n) is 3.90. The Morgan fingerprint density at radius 1 is 1.41 bits per heavy atom. The molecule has 6 heteroatoms. The Labute approximate surface area is 104 Å². The lowest BCUT2D eigenvalue weighted by Crippen LogP contribution is -1.99. The summed E-state index contributed by atoms with van der Waals surface area (Å²) in [6.07, 6.45) is 2.97. The van der Waals surface area contributed by atoms with Gasteiger partial charge in [0.1, 0.15) is 0 Å². The fraction of sp³-hybridized carbons (Fsp3) is 0.364. The molecule has 4 nitrogen and oxygen atoms in total. The van der Waals surface area contributed by atoms with Crippen LogP contribution in [0.25, 0.3) is 10.2 Å². The number of hydrogen-bond acceptors (Lipinski definition) is 5. The average Bonchev–Trinajstić information content (AvgIpc) is 2.66. The summed E-state index contributed by atoms with van der Waals surface area (Å²) in [7, 11) is -3.14. The monoisotopic (exact) mass is 270 g/mol. The first-order chi connectivity index (χ1) is 8.00. The molecule has 0 aliphatic heterocycles. The van der Waals surface area contributed by atoms with Crippen LogP contribution < -0.4 is 5.73 Å². The summed E-state index contributed by atoms with van der Waals surface area (Å²) in [6.45, 7) is 0.643. The van der Waals surface area contributed by atoms with Gasteiger partial charge in [-0.1, -0.05) is 0 Å². The Morgan fingerprint density at radius 2 is 2.18 bits per heavy atom. The molecule has 17 heavy (non-hydrogen) atoms. The summed E-state index contributed by atoms with van der Waals surface area (Å²) in [5.74, 6) is 0. The molecule has 0 spiro atoms. The van der Waals surface area contributed by atoms with Crippen LogP contribution in [0.3, 0.4) is 0 Å². The molecule has 1 aromatic carbocycles. The van der Waals surface area contributed by atoms with E-state index in [4.69, 9.17) is 5.73 Å². The van der Waals surface area contributed by atoms with Crippen molar-refractivity contribution in [1.82, 2.24) is 4.98 Å². The van der Waals surface area contributed by atoms with Crippen LogP contribution in [0, 0.1) is 0 Å². The van der Waals surface area contributed by atoms with Crippen molar-refractivity contribution in [3.8, 4) is 0 Å². The van der Waals surface area contributed by atoms with Crippen molar-refractivity contribution >= 4 is 31.4 Å². The zero-order chi connectivity index (χ0) is 12.5. The number of aryl methyl sites for hydroxylation is 1. The molecule has 0 fully saturated rings. The van der Waals surface area contributed by atoms with Crippen molar-refractivity contribution in [2.75, 3.05) is 12.8 Å². The van der Waals surface area contributed by atoms with Gasteiger partial charge < -0.3 is 5.73 Å². The zero-order valence-corrected chi connectivity index (χ0v) is 11.1. The van der Waals surface area contributed by atoms with Crippen LogP contribution in [0.15, 0.2) is 23.1 Å². The van der Waals surface area contributed by atoms with E-state index in [-0.39, 0.29) is 0 Å². The Hall–Kier alpha value is -0.980. The number of aromatic nitrogens is 1. The Balaban J connectivity index is 2.41. The molecule has 2 rings (SSSR count). The molecule has 0 aliphatic rings. The van der Waals surface area contributed by atoms with Gasteiger partial charge in [-0.15, -0.1) is 11.3 Å². The van der Waals surface area contributed by atoms with Gasteiger partial charge in [0.05, 0.1) is 20.1 Å². The van der Waals surface area contributed by atoms with Crippen LogP contribution in [-0.4, -0.2) is 26.2 Å². The average molecular weight is 270 g/mol. The van der Waals surface area contributed by atoms with Gasteiger partial charge in [0.2, 0.25) is 0 Å². The molecule has 0 saturated heterocycles. The molecule has 2 aromatic rings. The molecule has 1 aromatic heterocycles. The molecule has 92 valence electrons. The van der Waals surface area contributed by atoms with E-state index in [1.54, 1.807) is 18.2 Å². The first-order valence-electron chi connectivity index (χ1n) is 5.30. The summed E-state index contributed by atoms with van der Waals surface area (Å²) >= 11 is 1.54. The lowest BCUT2D eigenvalue weighted by Gasteiger charge is -1.96. The molecule has 1 heterocycles. The molecule has 0 amide bonds. The SMILES string of the molecule is CS(=O)(=O)c1ccc2nc(CCCN)sc2c1. The fourth-order valence-corrected chi connectivity index (χ4v) is 3.31. The summed E-state index contributed by atoms with van der Waals surface area (Å²) < 4.78 is 23.8. The molecule has 0 aliphatic carbocycles. The second-order valence-corrected chi connectivity index (χ2v) is 7.03. The van der Waals surface area contributed by atoms with Crippen molar-refractivity contribution in [3.63, 3.8) is 0 Å². The smallest absolute Gasteiger partial charge is 0.175 e. The molecular weight excluding hydrogens is 256 g/mol. The maximum absolute atomic E-state index is 11.4.